The fourth-order valence-corrected chi connectivity index (χ4v) is 5.23. The lowest BCUT2D eigenvalue weighted by atomic mass is 10.1. The number of thiazole rings is 1. The largest absolute Gasteiger partial charge is 0.376 e. The monoisotopic (exact) mass is 434 g/mol. The Bertz CT molecular complexity index is 1170. The number of anilines is 1. The van der Waals surface area contributed by atoms with Crippen LogP contribution in [0.15, 0.2) is 47.4 Å². The number of aromatic nitrogens is 1. The third kappa shape index (κ3) is 4.17. The van der Waals surface area contributed by atoms with E-state index in [1.807, 2.05) is 0 Å². The molecule has 4 rings (SSSR count). The van der Waals surface area contributed by atoms with E-state index in [4.69, 9.17) is 4.74 Å². The van der Waals surface area contributed by atoms with E-state index < -0.39 is 15.7 Å². The number of hydrogen-bond acceptors (Lipinski definition) is 6. The molecule has 9 heteroatoms. The number of rotatable bonds is 5. The van der Waals surface area contributed by atoms with Crippen molar-refractivity contribution in [3.63, 3.8) is 0 Å². The number of nitrogens with zero attached hydrogens (tertiary/aromatic N) is 2. The summed E-state index contributed by atoms with van der Waals surface area (Å²) >= 11 is 1.19. The zero-order valence-corrected chi connectivity index (χ0v) is 17.3. The van der Waals surface area contributed by atoms with Crippen LogP contribution in [0.2, 0.25) is 0 Å². The third-order valence-corrected chi connectivity index (χ3v) is 6.94. The molecule has 0 spiro atoms. The van der Waals surface area contributed by atoms with Gasteiger partial charge in [0.2, 0.25) is 0 Å². The van der Waals surface area contributed by atoms with E-state index in [0.717, 1.165) is 19.1 Å². The molecule has 1 unspecified atom stereocenters. The maximum atomic E-state index is 13.6. The second kappa shape index (κ2) is 7.81. The van der Waals surface area contributed by atoms with E-state index in [-0.39, 0.29) is 28.9 Å². The normalized spacial score (nSPS) is 17.0. The molecule has 1 saturated heterocycles. The number of amides is 1. The van der Waals surface area contributed by atoms with Gasteiger partial charge in [0.15, 0.2) is 15.0 Å². The number of halogens is 1. The molecule has 1 aliphatic rings. The van der Waals surface area contributed by atoms with E-state index in [2.05, 4.69) is 4.98 Å². The van der Waals surface area contributed by atoms with Crippen LogP contribution >= 0.6 is 11.3 Å². The van der Waals surface area contributed by atoms with Crippen molar-refractivity contribution in [2.75, 3.05) is 24.3 Å². The Labute approximate surface area is 171 Å². The lowest BCUT2D eigenvalue weighted by Gasteiger charge is -2.24. The molecule has 0 aliphatic carbocycles. The first-order valence-corrected chi connectivity index (χ1v) is 11.8. The Morgan fingerprint density at radius 1 is 1.31 bits per heavy atom. The molecule has 0 saturated carbocycles. The Balaban J connectivity index is 1.79. The van der Waals surface area contributed by atoms with Gasteiger partial charge >= 0.3 is 0 Å². The Hall–Kier alpha value is -2.36. The van der Waals surface area contributed by atoms with Crippen molar-refractivity contribution >= 4 is 42.4 Å². The van der Waals surface area contributed by atoms with Crippen LogP contribution in [-0.2, 0) is 14.6 Å². The number of carbonyl (C=O) groups excluding carboxylic acids is 1. The standard InChI is InChI=1S/C20H19FN2O4S2/c1-29(25,26)18-7-3-2-6-15(18)19(24)23(12-14-5-4-10-27-14)20-22-16-9-8-13(21)11-17(16)28-20/h2-3,6-9,11,14H,4-5,10,12H2,1H3. The number of ether oxygens (including phenoxy) is 1. The van der Waals surface area contributed by atoms with E-state index in [9.17, 15) is 17.6 Å². The molecule has 0 N–H and O–H groups in total. The summed E-state index contributed by atoms with van der Waals surface area (Å²) in [6, 6.07) is 10.4. The number of benzene rings is 2. The molecule has 3 aromatic rings. The van der Waals surface area contributed by atoms with Crippen molar-refractivity contribution in [1.29, 1.82) is 0 Å². The molecular weight excluding hydrogens is 415 g/mol. The lowest BCUT2D eigenvalue weighted by Crippen LogP contribution is -2.38. The highest BCUT2D eigenvalue weighted by atomic mass is 32.2. The Morgan fingerprint density at radius 3 is 2.83 bits per heavy atom. The van der Waals surface area contributed by atoms with Crippen LogP contribution in [0, 0.1) is 5.82 Å². The van der Waals surface area contributed by atoms with Crippen LogP contribution in [0.25, 0.3) is 10.2 Å². The average Bonchev–Trinajstić information content (AvgIpc) is 3.34. The summed E-state index contributed by atoms with van der Waals surface area (Å²) < 4.78 is 44.3. The molecule has 0 bridgehead atoms. The van der Waals surface area contributed by atoms with Crippen LogP contribution in [0.3, 0.4) is 0 Å². The Morgan fingerprint density at radius 2 is 2.10 bits per heavy atom. The fourth-order valence-electron chi connectivity index (χ4n) is 3.35. The van der Waals surface area contributed by atoms with Gasteiger partial charge in [-0.2, -0.15) is 0 Å². The van der Waals surface area contributed by atoms with Gasteiger partial charge in [-0.25, -0.2) is 17.8 Å². The van der Waals surface area contributed by atoms with E-state index in [1.165, 1.54) is 40.5 Å². The fraction of sp³-hybridized carbons (Fsp3) is 0.300. The molecule has 2 heterocycles. The van der Waals surface area contributed by atoms with Crippen molar-refractivity contribution < 1.29 is 22.3 Å². The molecule has 1 atom stereocenters. The van der Waals surface area contributed by atoms with Gasteiger partial charge in [-0.15, -0.1) is 0 Å². The SMILES string of the molecule is CS(=O)(=O)c1ccccc1C(=O)N(CC1CCCO1)c1nc2ccc(F)cc2s1. The van der Waals surface area contributed by atoms with Gasteiger partial charge in [-0.05, 0) is 43.2 Å². The van der Waals surface area contributed by atoms with Gasteiger partial charge in [-0.1, -0.05) is 23.5 Å². The molecular formula is C20H19FN2O4S2. The predicted molar refractivity (Wildman–Crippen MR) is 110 cm³/mol. The number of carbonyl (C=O) groups is 1. The van der Waals surface area contributed by atoms with E-state index >= 15 is 0 Å². The van der Waals surface area contributed by atoms with Crippen LogP contribution in [0.1, 0.15) is 23.2 Å². The summed E-state index contributed by atoms with van der Waals surface area (Å²) in [6.07, 6.45) is 2.62. The highest BCUT2D eigenvalue weighted by Crippen LogP contribution is 2.32. The van der Waals surface area contributed by atoms with Gasteiger partial charge < -0.3 is 4.74 Å². The molecule has 2 aromatic carbocycles. The van der Waals surface area contributed by atoms with Crippen LogP contribution in [0.4, 0.5) is 9.52 Å². The van der Waals surface area contributed by atoms with Crippen molar-refractivity contribution in [1.82, 2.24) is 4.98 Å². The molecule has 1 aliphatic heterocycles. The minimum atomic E-state index is -3.60. The second-order valence-electron chi connectivity index (χ2n) is 6.93. The van der Waals surface area contributed by atoms with Crippen LogP contribution in [-0.4, -0.2) is 44.8 Å². The third-order valence-electron chi connectivity index (χ3n) is 4.74. The maximum Gasteiger partial charge on any atom is 0.261 e. The van der Waals surface area contributed by atoms with Crippen molar-refractivity contribution in [2.24, 2.45) is 0 Å². The molecule has 1 aromatic heterocycles. The van der Waals surface area contributed by atoms with Crippen LogP contribution in [0.5, 0.6) is 0 Å². The zero-order valence-electron chi connectivity index (χ0n) is 15.7. The highest BCUT2D eigenvalue weighted by molar-refractivity contribution is 7.90. The molecule has 0 radical (unpaired) electrons. The first kappa shape index (κ1) is 19.9. The number of fused-ring (bicyclic) bond motifs is 1. The number of sulfone groups is 1. The Kier molecular flexibility index (Phi) is 5.37. The average molecular weight is 435 g/mol. The van der Waals surface area contributed by atoms with Crippen molar-refractivity contribution in [3.8, 4) is 0 Å². The molecule has 29 heavy (non-hydrogen) atoms. The van der Waals surface area contributed by atoms with Gasteiger partial charge in [0, 0.05) is 12.9 Å². The highest BCUT2D eigenvalue weighted by Gasteiger charge is 2.29. The summed E-state index contributed by atoms with van der Waals surface area (Å²) in [6.45, 7) is 0.872. The summed E-state index contributed by atoms with van der Waals surface area (Å²) in [5.74, 6) is -0.854. The first-order valence-electron chi connectivity index (χ1n) is 9.11. The van der Waals surface area contributed by atoms with Gasteiger partial charge in [0.05, 0.1) is 33.3 Å². The van der Waals surface area contributed by atoms with Crippen LogP contribution < -0.4 is 4.90 Å². The topological polar surface area (TPSA) is 76.6 Å². The van der Waals surface area contributed by atoms with Gasteiger partial charge in [0.25, 0.3) is 5.91 Å². The zero-order chi connectivity index (χ0) is 20.6. The molecule has 1 amide bonds. The van der Waals surface area contributed by atoms with E-state index in [1.54, 1.807) is 18.2 Å². The second-order valence-corrected chi connectivity index (χ2v) is 9.92. The van der Waals surface area contributed by atoms with Gasteiger partial charge in [0.1, 0.15) is 5.82 Å². The molecule has 152 valence electrons. The minimum Gasteiger partial charge on any atom is -0.376 e. The summed E-state index contributed by atoms with van der Waals surface area (Å²) in [7, 11) is -3.60. The quantitative estimate of drug-likeness (QED) is 0.613. The molecule has 6 nitrogen and oxygen atoms in total. The minimum absolute atomic E-state index is 0.0329. The van der Waals surface area contributed by atoms with Crippen molar-refractivity contribution in [3.05, 3.63) is 53.8 Å². The molecule has 1 fully saturated rings. The van der Waals surface area contributed by atoms with Crippen molar-refractivity contribution in [2.45, 2.75) is 23.8 Å². The first-order chi connectivity index (χ1) is 13.8. The van der Waals surface area contributed by atoms with E-state index in [0.29, 0.717) is 22.0 Å². The predicted octanol–water partition coefficient (Wildman–Crippen LogP) is 3.66. The summed E-state index contributed by atoms with van der Waals surface area (Å²) in [4.78, 5) is 19.3. The maximum absolute atomic E-state index is 13.6. The number of hydrogen-bond donors (Lipinski definition) is 0. The van der Waals surface area contributed by atoms with Gasteiger partial charge in [-0.3, -0.25) is 9.69 Å². The lowest BCUT2D eigenvalue weighted by molar-refractivity contribution is 0.0915. The smallest absolute Gasteiger partial charge is 0.261 e. The summed E-state index contributed by atoms with van der Waals surface area (Å²) in [5.41, 5.74) is 0.659. The summed E-state index contributed by atoms with van der Waals surface area (Å²) in [5, 5.41) is 0.384.